The highest BCUT2D eigenvalue weighted by atomic mass is 35.5. The molecule has 9 heteroatoms. The van der Waals surface area contributed by atoms with E-state index in [1.807, 2.05) is 37.6 Å². The number of pyridine rings is 1. The van der Waals surface area contributed by atoms with E-state index in [0.717, 1.165) is 21.4 Å². The van der Waals surface area contributed by atoms with Gasteiger partial charge in [-0.1, -0.05) is 23.4 Å². The van der Waals surface area contributed by atoms with Crippen LogP contribution in [0.1, 0.15) is 17.0 Å². The number of fused-ring (bicyclic) bond motifs is 1. The number of methoxy groups -OCH3 is 1. The summed E-state index contributed by atoms with van der Waals surface area (Å²) in [5, 5.41) is 14.8. The number of hydrogen-bond donors (Lipinski definition) is 1. The van der Waals surface area contributed by atoms with Gasteiger partial charge in [-0.25, -0.2) is 9.37 Å². The number of rotatable bonds is 5. The van der Waals surface area contributed by atoms with E-state index in [1.54, 1.807) is 6.07 Å². The molecule has 6 nitrogen and oxygen atoms in total. The first-order chi connectivity index (χ1) is 15.3. The molecule has 0 saturated carbocycles. The highest BCUT2D eigenvalue weighted by Gasteiger charge is 2.15. The Morgan fingerprint density at radius 1 is 1.25 bits per heavy atom. The molecule has 0 spiro atoms. The Morgan fingerprint density at radius 2 is 2.03 bits per heavy atom. The molecule has 0 aliphatic rings. The van der Waals surface area contributed by atoms with Crippen LogP contribution in [0.25, 0.3) is 10.9 Å². The number of halogens is 2. The van der Waals surface area contributed by atoms with Gasteiger partial charge >= 0.3 is 0 Å². The fourth-order valence-corrected chi connectivity index (χ4v) is 4.49. The van der Waals surface area contributed by atoms with Crippen molar-refractivity contribution in [2.24, 2.45) is 7.05 Å². The van der Waals surface area contributed by atoms with E-state index in [9.17, 15) is 9.65 Å². The average molecular weight is 468 g/mol. The molecule has 162 valence electrons. The first-order valence-electron chi connectivity index (χ1n) is 9.63. The van der Waals surface area contributed by atoms with Crippen molar-refractivity contribution in [1.29, 1.82) is 5.26 Å². The van der Waals surface area contributed by atoms with Gasteiger partial charge in [0.25, 0.3) is 0 Å². The van der Waals surface area contributed by atoms with Crippen molar-refractivity contribution in [3.8, 4) is 11.8 Å². The van der Waals surface area contributed by atoms with Crippen LogP contribution < -0.4 is 10.1 Å². The first-order valence-corrected chi connectivity index (χ1v) is 10.8. The number of nitrogens with zero attached hydrogens (tertiary/aromatic N) is 4. The summed E-state index contributed by atoms with van der Waals surface area (Å²) in [6, 6.07) is 10.5. The molecule has 32 heavy (non-hydrogen) atoms. The minimum atomic E-state index is -0.521. The summed E-state index contributed by atoms with van der Waals surface area (Å²) in [5.74, 6) is -0.449. The fourth-order valence-electron chi connectivity index (χ4n) is 3.25. The molecule has 0 amide bonds. The second-order valence-corrected chi connectivity index (χ2v) is 8.58. The lowest BCUT2D eigenvalue weighted by molar-refractivity contribution is 0.387. The summed E-state index contributed by atoms with van der Waals surface area (Å²) in [7, 11) is 3.36. The Kier molecular flexibility index (Phi) is 5.96. The van der Waals surface area contributed by atoms with Gasteiger partial charge in [0.05, 0.1) is 34.6 Å². The fraction of sp³-hybridized carbons (Fsp3) is 0.174. The quantitative estimate of drug-likeness (QED) is 0.379. The molecule has 0 unspecified atom stereocenters. The molecule has 1 N–H and O–H groups in total. The number of aryl methyl sites for hydroxylation is 1. The topological polar surface area (TPSA) is 75.8 Å². The molecular weight excluding hydrogens is 449 g/mol. The van der Waals surface area contributed by atoms with Crippen molar-refractivity contribution in [2.75, 3.05) is 12.4 Å². The summed E-state index contributed by atoms with van der Waals surface area (Å²) >= 11 is 8.04. The Labute approximate surface area is 194 Å². The summed E-state index contributed by atoms with van der Waals surface area (Å²) in [5.41, 5.74) is 3.98. The molecule has 0 bridgehead atoms. The van der Waals surface area contributed by atoms with Crippen LogP contribution in [0.2, 0.25) is 5.02 Å². The lowest BCUT2D eigenvalue weighted by atomic mass is 10.1. The molecule has 0 aliphatic carbocycles. The van der Waals surface area contributed by atoms with Crippen molar-refractivity contribution in [3.63, 3.8) is 0 Å². The molecule has 0 radical (unpaired) electrons. The van der Waals surface area contributed by atoms with Crippen LogP contribution >= 0.6 is 23.4 Å². The van der Waals surface area contributed by atoms with Crippen molar-refractivity contribution in [1.82, 2.24) is 14.5 Å². The van der Waals surface area contributed by atoms with Crippen LogP contribution in [0, 0.1) is 31.0 Å². The Balaban J connectivity index is 1.71. The number of anilines is 2. The van der Waals surface area contributed by atoms with E-state index in [1.165, 1.54) is 37.2 Å². The van der Waals surface area contributed by atoms with E-state index in [-0.39, 0.29) is 5.75 Å². The molecule has 0 aliphatic heterocycles. The molecule has 0 fully saturated rings. The van der Waals surface area contributed by atoms with Crippen molar-refractivity contribution in [2.45, 2.75) is 23.9 Å². The molecule has 4 rings (SSSR count). The van der Waals surface area contributed by atoms with Gasteiger partial charge in [-0.2, -0.15) is 5.26 Å². The zero-order chi connectivity index (χ0) is 23.0. The third kappa shape index (κ3) is 3.97. The van der Waals surface area contributed by atoms with Crippen LogP contribution in [-0.2, 0) is 7.05 Å². The maximum atomic E-state index is 14.1. The number of nitriles is 1. The van der Waals surface area contributed by atoms with E-state index in [2.05, 4.69) is 21.4 Å². The van der Waals surface area contributed by atoms with Crippen LogP contribution in [0.3, 0.4) is 0 Å². The molecule has 0 saturated heterocycles. The maximum absolute atomic E-state index is 14.1. The molecule has 2 heterocycles. The SMILES string of the molecule is COc1cc2c(Nc3ccc(Sc4nc(C)c(C)n4C)c(Cl)c3)c(C#N)cnc2cc1F. The predicted molar refractivity (Wildman–Crippen MR) is 125 cm³/mol. The van der Waals surface area contributed by atoms with Crippen LogP contribution in [0.4, 0.5) is 15.8 Å². The number of ether oxygens (including phenoxy) is 1. The number of hydrogen-bond acceptors (Lipinski definition) is 6. The van der Waals surface area contributed by atoms with Crippen LogP contribution in [0.5, 0.6) is 5.75 Å². The monoisotopic (exact) mass is 467 g/mol. The Morgan fingerprint density at radius 3 is 2.66 bits per heavy atom. The molecule has 2 aromatic heterocycles. The van der Waals surface area contributed by atoms with Crippen molar-refractivity contribution in [3.05, 3.63) is 64.3 Å². The Hall–Kier alpha value is -3.28. The average Bonchev–Trinajstić information content (AvgIpc) is 3.01. The van der Waals surface area contributed by atoms with Gasteiger partial charge in [-0.05, 0) is 38.1 Å². The van der Waals surface area contributed by atoms with Crippen LogP contribution in [0.15, 0.2) is 46.6 Å². The lowest BCUT2D eigenvalue weighted by Crippen LogP contribution is -1.99. The molecule has 4 aromatic rings. The van der Waals surface area contributed by atoms with Gasteiger partial charge in [0, 0.05) is 41.0 Å². The normalized spacial score (nSPS) is 10.9. The van der Waals surface area contributed by atoms with E-state index >= 15 is 0 Å². The summed E-state index contributed by atoms with van der Waals surface area (Å²) in [4.78, 5) is 9.63. The second kappa shape index (κ2) is 8.69. The van der Waals surface area contributed by atoms with Gasteiger partial charge in [0.15, 0.2) is 16.7 Å². The van der Waals surface area contributed by atoms with E-state index in [0.29, 0.717) is 32.9 Å². The van der Waals surface area contributed by atoms with Crippen molar-refractivity contribution < 1.29 is 9.13 Å². The first kappa shape index (κ1) is 21.9. The van der Waals surface area contributed by atoms with E-state index in [4.69, 9.17) is 16.3 Å². The minimum Gasteiger partial charge on any atom is -0.494 e. The number of benzene rings is 2. The third-order valence-corrected chi connectivity index (χ3v) is 6.79. The molecular formula is C23H19ClFN5OS. The number of nitrogens with one attached hydrogen (secondary N) is 1. The van der Waals surface area contributed by atoms with Gasteiger partial charge in [0.1, 0.15) is 6.07 Å². The highest BCUT2D eigenvalue weighted by Crippen LogP contribution is 2.37. The predicted octanol–water partition coefficient (Wildman–Crippen LogP) is 6.15. The van der Waals surface area contributed by atoms with Crippen molar-refractivity contribution >= 4 is 45.6 Å². The third-order valence-electron chi connectivity index (χ3n) is 5.24. The molecule has 0 atom stereocenters. The van der Waals surface area contributed by atoms with Gasteiger partial charge in [0.2, 0.25) is 0 Å². The summed E-state index contributed by atoms with van der Waals surface area (Å²) < 4.78 is 21.2. The molecule has 2 aromatic carbocycles. The standard InChI is InChI=1S/C23H19ClFN5OS/c1-12-13(2)30(3)23(28-12)32-21-6-5-15(7-17(21)24)29-22-14(10-26)11-27-19-9-18(25)20(31-4)8-16(19)22/h5-9,11H,1-4H3,(H,27,29). The minimum absolute atomic E-state index is 0.0721. The van der Waals surface area contributed by atoms with Gasteiger partial charge < -0.3 is 14.6 Å². The summed E-state index contributed by atoms with van der Waals surface area (Å²) in [6.45, 7) is 3.99. The number of imidazole rings is 1. The largest absolute Gasteiger partial charge is 0.494 e. The highest BCUT2D eigenvalue weighted by molar-refractivity contribution is 7.99. The zero-order valence-corrected chi connectivity index (χ0v) is 19.4. The smallest absolute Gasteiger partial charge is 0.173 e. The number of aromatic nitrogens is 3. The van der Waals surface area contributed by atoms with Crippen LogP contribution in [-0.4, -0.2) is 21.6 Å². The van der Waals surface area contributed by atoms with Gasteiger partial charge in [-0.3, -0.25) is 4.98 Å². The Bertz CT molecular complexity index is 1400. The zero-order valence-electron chi connectivity index (χ0n) is 17.8. The second-order valence-electron chi connectivity index (χ2n) is 7.16. The van der Waals surface area contributed by atoms with E-state index < -0.39 is 5.82 Å². The maximum Gasteiger partial charge on any atom is 0.173 e. The lowest BCUT2D eigenvalue weighted by Gasteiger charge is -2.14. The van der Waals surface area contributed by atoms with Gasteiger partial charge in [-0.15, -0.1) is 0 Å². The summed E-state index contributed by atoms with van der Waals surface area (Å²) in [6.07, 6.45) is 1.41.